The maximum atomic E-state index is 11.3. The molecule has 0 unspecified atom stereocenters. The van der Waals surface area contributed by atoms with Crippen molar-refractivity contribution in [3.63, 3.8) is 0 Å². The third-order valence-corrected chi connectivity index (χ3v) is 2.54. The number of aromatic amines is 1. The van der Waals surface area contributed by atoms with Crippen LogP contribution in [0.4, 0.5) is 5.82 Å². The molecule has 2 aromatic rings. The standard InChI is InChI=1S/C12H12N4O3/c1-19-12(18)7-4-2-6(3-5-7)11-15-8(10(14)17)9(13)16-11/h2-5H,13H2,1H3,(H2,14,17)(H,15,16). The number of nitrogen functional groups attached to an aromatic ring is 1. The van der Waals surface area contributed by atoms with Crippen molar-refractivity contribution in [2.45, 2.75) is 0 Å². The van der Waals surface area contributed by atoms with Gasteiger partial charge >= 0.3 is 5.97 Å². The van der Waals surface area contributed by atoms with Gasteiger partial charge in [-0.1, -0.05) is 12.1 Å². The lowest BCUT2D eigenvalue weighted by molar-refractivity contribution is 0.0600. The van der Waals surface area contributed by atoms with Gasteiger partial charge in [0.15, 0.2) is 5.69 Å². The Labute approximate surface area is 108 Å². The summed E-state index contributed by atoms with van der Waals surface area (Å²) < 4.78 is 4.59. The number of H-pyrrole nitrogens is 1. The zero-order valence-electron chi connectivity index (χ0n) is 10.1. The highest BCUT2D eigenvalue weighted by Crippen LogP contribution is 2.20. The number of amides is 1. The lowest BCUT2D eigenvalue weighted by Gasteiger charge is -2.00. The Morgan fingerprint density at radius 2 is 1.89 bits per heavy atom. The molecule has 0 fully saturated rings. The number of aromatic nitrogens is 2. The molecule has 0 aliphatic carbocycles. The summed E-state index contributed by atoms with van der Waals surface area (Å²) in [7, 11) is 1.31. The van der Waals surface area contributed by atoms with Crippen LogP contribution in [-0.4, -0.2) is 29.0 Å². The lowest BCUT2D eigenvalue weighted by atomic mass is 10.1. The van der Waals surface area contributed by atoms with Crippen LogP contribution in [0.15, 0.2) is 24.3 Å². The Morgan fingerprint density at radius 1 is 1.26 bits per heavy atom. The number of imidazole rings is 1. The van der Waals surface area contributed by atoms with Crippen LogP contribution >= 0.6 is 0 Å². The van der Waals surface area contributed by atoms with E-state index in [1.54, 1.807) is 24.3 Å². The summed E-state index contributed by atoms with van der Waals surface area (Å²) in [4.78, 5) is 29.1. The SMILES string of the molecule is COC(=O)c1ccc(-c2nc(C(N)=O)c(N)[nH]2)cc1. The van der Waals surface area contributed by atoms with Crippen LogP contribution in [0.1, 0.15) is 20.8 Å². The van der Waals surface area contributed by atoms with E-state index in [1.807, 2.05) is 0 Å². The highest BCUT2D eigenvalue weighted by Gasteiger charge is 2.14. The molecule has 1 amide bonds. The van der Waals surface area contributed by atoms with E-state index in [9.17, 15) is 9.59 Å². The van der Waals surface area contributed by atoms with Crippen molar-refractivity contribution >= 4 is 17.7 Å². The van der Waals surface area contributed by atoms with Gasteiger partial charge in [-0.05, 0) is 12.1 Å². The number of ether oxygens (including phenoxy) is 1. The maximum Gasteiger partial charge on any atom is 0.337 e. The second kappa shape index (κ2) is 4.81. The van der Waals surface area contributed by atoms with E-state index in [-0.39, 0.29) is 11.5 Å². The van der Waals surface area contributed by atoms with Crippen molar-refractivity contribution < 1.29 is 14.3 Å². The van der Waals surface area contributed by atoms with Gasteiger partial charge in [0.1, 0.15) is 11.6 Å². The number of nitrogens with one attached hydrogen (secondary N) is 1. The largest absolute Gasteiger partial charge is 0.465 e. The fourth-order valence-electron chi connectivity index (χ4n) is 1.59. The van der Waals surface area contributed by atoms with Gasteiger partial charge in [-0.15, -0.1) is 0 Å². The van der Waals surface area contributed by atoms with E-state index in [0.29, 0.717) is 17.0 Å². The number of carbonyl (C=O) groups is 2. The number of primary amides is 1. The molecule has 0 saturated heterocycles. The summed E-state index contributed by atoms with van der Waals surface area (Å²) in [6, 6.07) is 6.50. The van der Waals surface area contributed by atoms with Gasteiger partial charge in [-0.25, -0.2) is 9.78 Å². The molecule has 0 saturated carbocycles. The van der Waals surface area contributed by atoms with Gasteiger partial charge in [0.25, 0.3) is 5.91 Å². The molecule has 1 heterocycles. The number of esters is 1. The summed E-state index contributed by atoms with van der Waals surface area (Å²) in [5.41, 5.74) is 11.8. The Balaban J connectivity index is 2.35. The molecule has 0 spiro atoms. The van der Waals surface area contributed by atoms with E-state index < -0.39 is 11.9 Å². The lowest BCUT2D eigenvalue weighted by Crippen LogP contribution is -2.13. The molecule has 0 atom stereocenters. The molecule has 19 heavy (non-hydrogen) atoms. The first-order chi connectivity index (χ1) is 9.02. The second-order valence-electron chi connectivity index (χ2n) is 3.78. The summed E-state index contributed by atoms with van der Waals surface area (Å²) in [5, 5.41) is 0. The zero-order valence-corrected chi connectivity index (χ0v) is 10.1. The predicted octanol–water partition coefficient (Wildman–Crippen LogP) is 0.544. The molecule has 2 rings (SSSR count). The minimum absolute atomic E-state index is 0.00737. The second-order valence-corrected chi connectivity index (χ2v) is 3.78. The average molecular weight is 260 g/mol. The van der Waals surface area contributed by atoms with Crippen LogP contribution in [0.3, 0.4) is 0 Å². The normalized spacial score (nSPS) is 10.2. The van der Waals surface area contributed by atoms with Crippen molar-refractivity contribution in [3.8, 4) is 11.4 Å². The number of nitrogens with two attached hydrogens (primary N) is 2. The number of anilines is 1. The predicted molar refractivity (Wildman–Crippen MR) is 68.3 cm³/mol. The molecule has 7 heteroatoms. The van der Waals surface area contributed by atoms with Gasteiger partial charge < -0.3 is 21.2 Å². The van der Waals surface area contributed by atoms with Crippen molar-refractivity contribution in [2.75, 3.05) is 12.8 Å². The number of hydrogen-bond acceptors (Lipinski definition) is 5. The van der Waals surface area contributed by atoms with E-state index in [0.717, 1.165) is 0 Å². The molecular weight excluding hydrogens is 248 g/mol. The zero-order chi connectivity index (χ0) is 14.0. The monoisotopic (exact) mass is 260 g/mol. The molecule has 5 N–H and O–H groups in total. The molecule has 0 radical (unpaired) electrons. The van der Waals surface area contributed by atoms with E-state index in [2.05, 4.69) is 14.7 Å². The highest BCUT2D eigenvalue weighted by atomic mass is 16.5. The number of benzene rings is 1. The van der Waals surface area contributed by atoms with Crippen molar-refractivity contribution in [1.29, 1.82) is 0 Å². The Morgan fingerprint density at radius 3 is 2.37 bits per heavy atom. The van der Waals surface area contributed by atoms with E-state index >= 15 is 0 Å². The summed E-state index contributed by atoms with van der Waals surface area (Å²) >= 11 is 0. The van der Waals surface area contributed by atoms with Crippen molar-refractivity contribution in [3.05, 3.63) is 35.5 Å². The third-order valence-electron chi connectivity index (χ3n) is 2.54. The number of rotatable bonds is 3. The average Bonchev–Trinajstić information content (AvgIpc) is 2.80. The molecule has 1 aromatic carbocycles. The van der Waals surface area contributed by atoms with Gasteiger partial charge in [-0.2, -0.15) is 0 Å². The van der Waals surface area contributed by atoms with Crippen LogP contribution in [0.2, 0.25) is 0 Å². The first kappa shape index (κ1) is 12.6. The molecule has 0 bridgehead atoms. The molecule has 98 valence electrons. The smallest absolute Gasteiger partial charge is 0.337 e. The summed E-state index contributed by atoms with van der Waals surface area (Å²) in [6.07, 6.45) is 0. The van der Waals surface area contributed by atoms with Gasteiger partial charge in [0, 0.05) is 5.56 Å². The number of hydrogen-bond donors (Lipinski definition) is 3. The maximum absolute atomic E-state index is 11.3. The summed E-state index contributed by atoms with van der Waals surface area (Å²) in [6.45, 7) is 0. The Bertz CT molecular complexity index is 631. The molecule has 7 nitrogen and oxygen atoms in total. The van der Waals surface area contributed by atoms with Crippen molar-refractivity contribution in [2.24, 2.45) is 5.73 Å². The van der Waals surface area contributed by atoms with Crippen molar-refractivity contribution in [1.82, 2.24) is 9.97 Å². The van der Waals surface area contributed by atoms with Gasteiger partial charge in [-0.3, -0.25) is 4.79 Å². The molecule has 0 aliphatic heterocycles. The van der Waals surface area contributed by atoms with Crippen LogP contribution in [0.5, 0.6) is 0 Å². The minimum Gasteiger partial charge on any atom is -0.465 e. The topological polar surface area (TPSA) is 124 Å². The first-order valence-electron chi connectivity index (χ1n) is 5.37. The minimum atomic E-state index is -0.703. The van der Waals surface area contributed by atoms with Crippen LogP contribution < -0.4 is 11.5 Å². The van der Waals surface area contributed by atoms with E-state index in [4.69, 9.17) is 11.5 Å². The molecule has 1 aromatic heterocycles. The van der Waals surface area contributed by atoms with Crippen LogP contribution in [-0.2, 0) is 4.74 Å². The molecular formula is C12H12N4O3. The number of nitrogens with zero attached hydrogens (tertiary/aromatic N) is 1. The first-order valence-corrected chi connectivity index (χ1v) is 5.37. The van der Waals surface area contributed by atoms with E-state index in [1.165, 1.54) is 7.11 Å². The number of methoxy groups -OCH3 is 1. The fraction of sp³-hybridized carbons (Fsp3) is 0.0833. The number of carbonyl (C=O) groups excluding carboxylic acids is 2. The molecule has 0 aliphatic rings. The van der Waals surface area contributed by atoms with Gasteiger partial charge in [0.05, 0.1) is 12.7 Å². The Kier molecular flexibility index (Phi) is 3.19. The quantitative estimate of drug-likeness (QED) is 0.695. The fourth-order valence-corrected chi connectivity index (χ4v) is 1.59. The highest BCUT2D eigenvalue weighted by molar-refractivity contribution is 5.96. The van der Waals surface area contributed by atoms with Crippen LogP contribution in [0, 0.1) is 0 Å². The Hall–Kier alpha value is -2.83. The summed E-state index contributed by atoms with van der Waals surface area (Å²) in [5.74, 6) is -0.614. The third kappa shape index (κ3) is 2.39. The van der Waals surface area contributed by atoms with Crippen LogP contribution in [0.25, 0.3) is 11.4 Å². The van der Waals surface area contributed by atoms with Gasteiger partial charge in [0.2, 0.25) is 0 Å².